The van der Waals surface area contributed by atoms with Crippen LogP contribution in [0, 0.1) is 35.0 Å². The first-order valence-corrected chi connectivity index (χ1v) is 9.49. The lowest BCUT2D eigenvalue weighted by atomic mass is 10.1. The van der Waals surface area contributed by atoms with Crippen LogP contribution in [0.1, 0.15) is 24.2 Å². The summed E-state index contributed by atoms with van der Waals surface area (Å²) in [5.74, 6) is -9.20. The molecule has 0 aromatic heterocycles. The molecule has 3 rings (SSSR count). The van der Waals surface area contributed by atoms with Crippen LogP contribution in [0.3, 0.4) is 0 Å². The highest BCUT2D eigenvalue weighted by molar-refractivity contribution is 5.94. The van der Waals surface area contributed by atoms with Crippen molar-refractivity contribution in [3.63, 3.8) is 0 Å². The molecule has 1 heterocycles. The standard InChI is InChI=1S/C21H21F5N2O2/c1-12(2)11-30-14-5-3-13(4-6-14)21(29)28-9-7-27(8-10-28)20-18(25)16(23)15(22)17(24)19(20)26/h3-6,12H,7-11H2,1-2H3. The molecule has 2 aromatic rings. The van der Waals surface area contributed by atoms with Crippen molar-refractivity contribution in [3.8, 4) is 5.75 Å². The largest absolute Gasteiger partial charge is 0.493 e. The van der Waals surface area contributed by atoms with E-state index in [2.05, 4.69) is 0 Å². The maximum absolute atomic E-state index is 14.0. The number of carbonyl (C=O) groups excluding carboxylic acids is 1. The van der Waals surface area contributed by atoms with Gasteiger partial charge in [0.15, 0.2) is 23.3 Å². The fraction of sp³-hybridized carbons (Fsp3) is 0.381. The second-order valence-corrected chi connectivity index (χ2v) is 7.43. The van der Waals surface area contributed by atoms with E-state index >= 15 is 0 Å². The Labute approximate surface area is 170 Å². The van der Waals surface area contributed by atoms with Gasteiger partial charge in [-0.1, -0.05) is 13.8 Å². The van der Waals surface area contributed by atoms with Crippen LogP contribution in [0.25, 0.3) is 0 Å². The minimum Gasteiger partial charge on any atom is -0.493 e. The number of carbonyl (C=O) groups is 1. The summed E-state index contributed by atoms with van der Waals surface area (Å²) in [4.78, 5) is 15.2. The highest BCUT2D eigenvalue weighted by Gasteiger charge is 2.31. The lowest BCUT2D eigenvalue weighted by Gasteiger charge is -2.36. The van der Waals surface area contributed by atoms with Gasteiger partial charge >= 0.3 is 0 Å². The van der Waals surface area contributed by atoms with Crippen LogP contribution in [0.5, 0.6) is 5.75 Å². The van der Waals surface area contributed by atoms with Gasteiger partial charge in [-0.15, -0.1) is 0 Å². The molecule has 0 bridgehead atoms. The van der Waals surface area contributed by atoms with Crippen molar-refractivity contribution in [2.75, 3.05) is 37.7 Å². The first kappa shape index (κ1) is 21.9. The highest BCUT2D eigenvalue weighted by Crippen LogP contribution is 2.31. The summed E-state index contributed by atoms with van der Waals surface area (Å²) < 4.78 is 73.7. The number of amides is 1. The molecule has 0 radical (unpaired) electrons. The van der Waals surface area contributed by atoms with Crippen LogP contribution in [-0.2, 0) is 0 Å². The van der Waals surface area contributed by atoms with Crippen molar-refractivity contribution in [1.82, 2.24) is 4.90 Å². The normalized spacial score (nSPS) is 14.4. The van der Waals surface area contributed by atoms with E-state index < -0.39 is 34.8 Å². The third kappa shape index (κ3) is 4.34. The molecule has 162 valence electrons. The van der Waals surface area contributed by atoms with E-state index in [1.807, 2.05) is 13.8 Å². The van der Waals surface area contributed by atoms with E-state index in [4.69, 9.17) is 4.74 Å². The topological polar surface area (TPSA) is 32.8 Å². The van der Waals surface area contributed by atoms with Gasteiger partial charge in [-0.3, -0.25) is 4.79 Å². The number of halogens is 5. The molecule has 0 N–H and O–H groups in total. The fourth-order valence-electron chi connectivity index (χ4n) is 3.14. The number of ether oxygens (including phenoxy) is 1. The van der Waals surface area contributed by atoms with Crippen molar-refractivity contribution >= 4 is 11.6 Å². The molecule has 1 aliphatic heterocycles. The predicted octanol–water partition coefficient (Wildman–Crippen LogP) is 4.38. The van der Waals surface area contributed by atoms with Gasteiger partial charge in [0.25, 0.3) is 5.91 Å². The van der Waals surface area contributed by atoms with Crippen LogP contribution < -0.4 is 9.64 Å². The molecular formula is C21H21F5N2O2. The molecule has 4 nitrogen and oxygen atoms in total. The van der Waals surface area contributed by atoms with Crippen molar-refractivity contribution < 1.29 is 31.5 Å². The summed E-state index contributed by atoms with van der Waals surface area (Å²) in [6.45, 7) is 4.59. The molecular weight excluding hydrogens is 407 g/mol. The molecule has 2 aromatic carbocycles. The van der Waals surface area contributed by atoms with E-state index in [0.29, 0.717) is 23.8 Å². The lowest BCUT2D eigenvalue weighted by Crippen LogP contribution is -2.49. The molecule has 0 unspecified atom stereocenters. The number of piperazine rings is 1. The fourth-order valence-corrected chi connectivity index (χ4v) is 3.14. The Morgan fingerprint density at radius 1 is 0.867 bits per heavy atom. The van der Waals surface area contributed by atoms with E-state index in [-0.39, 0.29) is 32.1 Å². The lowest BCUT2D eigenvalue weighted by molar-refractivity contribution is 0.0746. The average Bonchev–Trinajstić information content (AvgIpc) is 2.75. The van der Waals surface area contributed by atoms with Crippen LogP contribution >= 0.6 is 0 Å². The number of nitrogens with zero attached hydrogens (tertiary/aromatic N) is 2. The zero-order valence-electron chi connectivity index (χ0n) is 16.5. The number of anilines is 1. The second-order valence-electron chi connectivity index (χ2n) is 7.43. The average molecular weight is 428 g/mol. The second kappa shape index (κ2) is 8.89. The molecule has 0 spiro atoms. The summed E-state index contributed by atoms with van der Waals surface area (Å²) in [6, 6.07) is 6.60. The molecule has 9 heteroatoms. The minimum atomic E-state index is -2.19. The van der Waals surface area contributed by atoms with Gasteiger partial charge in [-0.2, -0.15) is 0 Å². The number of benzene rings is 2. The molecule has 30 heavy (non-hydrogen) atoms. The van der Waals surface area contributed by atoms with E-state index in [1.165, 1.54) is 4.90 Å². The van der Waals surface area contributed by atoms with Crippen LogP contribution in [0.15, 0.2) is 24.3 Å². The van der Waals surface area contributed by atoms with Gasteiger partial charge in [-0.25, -0.2) is 22.0 Å². The summed E-state index contributed by atoms with van der Waals surface area (Å²) in [7, 11) is 0. The number of hydrogen-bond donors (Lipinski definition) is 0. The van der Waals surface area contributed by atoms with Gasteiger partial charge < -0.3 is 14.5 Å². The monoisotopic (exact) mass is 428 g/mol. The third-order valence-corrected chi connectivity index (χ3v) is 4.75. The number of hydrogen-bond acceptors (Lipinski definition) is 3. The smallest absolute Gasteiger partial charge is 0.253 e. The molecule has 1 amide bonds. The Kier molecular flexibility index (Phi) is 6.48. The first-order valence-electron chi connectivity index (χ1n) is 9.49. The van der Waals surface area contributed by atoms with Crippen molar-refractivity contribution in [3.05, 3.63) is 58.9 Å². The van der Waals surface area contributed by atoms with Crippen LogP contribution in [0.4, 0.5) is 27.6 Å². The van der Waals surface area contributed by atoms with Gasteiger partial charge in [0.05, 0.1) is 6.61 Å². The Balaban J connectivity index is 1.67. The molecule has 1 aliphatic rings. The van der Waals surface area contributed by atoms with Crippen molar-refractivity contribution in [2.45, 2.75) is 13.8 Å². The predicted molar refractivity (Wildman–Crippen MR) is 101 cm³/mol. The zero-order valence-corrected chi connectivity index (χ0v) is 16.5. The van der Waals surface area contributed by atoms with Crippen LogP contribution in [-0.4, -0.2) is 43.6 Å². The zero-order chi connectivity index (χ0) is 22.0. The molecule has 0 atom stereocenters. The summed E-state index contributed by atoms with van der Waals surface area (Å²) >= 11 is 0. The highest BCUT2D eigenvalue weighted by atomic mass is 19.2. The van der Waals surface area contributed by atoms with Gasteiger partial charge in [0.2, 0.25) is 5.82 Å². The summed E-state index contributed by atoms with van der Waals surface area (Å²) in [5.41, 5.74) is -0.554. The maximum atomic E-state index is 14.0. The van der Waals surface area contributed by atoms with Crippen molar-refractivity contribution in [1.29, 1.82) is 0 Å². The third-order valence-electron chi connectivity index (χ3n) is 4.75. The van der Waals surface area contributed by atoms with Gasteiger partial charge in [-0.05, 0) is 30.2 Å². The SMILES string of the molecule is CC(C)COc1ccc(C(=O)N2CCN(c3c(F)c(F)c(F)c(F)c3F)CC2)cc1. The molecule has 0 aliphatic carbocycles. The Hall–Kier alpha value is -2.84. The Bertz CT molecular complexity index is 897. The summed E-state index contributed by atoms with van der Waals surface area (Å²) in [6.07, 6.45) is 0. The quantitative estimate of drug-likeness (QED) is 0.403. The summed E-state index contributed by atoms with van der Waals surface area (Å²) in [5, 5.41) is 0. The van der Waals surface area contributed by atoms with Gasteiger partial charge in [0, 0.05) is 31.7 Å². The molecule has 0 saturated carbocycles. The Morgan fingerprint density at radius 2 is 1.37 bits per heavy atom. The molecule has 1 saturated heterocycles. The van der Waals surface area contributed by atoms with E-state index in [0.717, 1.165) is 4.90 Å². The minimum absolute atomic E-state index is 0.0698. The van der Waals surface area contributed by atoms with Gasteiger partial charge in [0.1, 0.15) is 11.4 Å². The number of rotatable bonds is 5. The Morgan fingerprint density at radius 3 is 1.87 bits per heavy atom. The maximum Gasteiger partial charge on any atom is 0.253 e. The van der Waals surface area contributed by atoms with Crippen LogP contribution in [0.2, 0.25) is 0 Å². The van der Waals surface area contributed by atoms with E-state index in [9.17, 15) is 26.7 Å². The van der Waals surface area contributed by atoms with E-state index in [1.54, 1.807) is 24.3 Å². The molecule has 1 fully saturated rings. The van der Waals surface area contributed by atoms with Crippen molar-refractivity contribution in [2.24, 2.45) is 5.92 Å². The first-order chi connectivity index (χ1) is 14.2.